The van der Waals surface area contributed by atoms with Crippen LogP contribution in [0.1, 0.15) is 29.9 Å². The first-order chi connectivity index (χ1) is 13.5. The van der Waals surface area contributed by atoms with E-state index >= 15 is 0 Å². The van der Waals surface area contributed by atoms with E-state index in [2.05, 4.69) is 20.9 Å². The van der Waals surface area contributed by atoms with Gasteiger partial charge in [0, 0.05) is 17.1 Å². The van der Waals surface area contributed by atoms with E-state index < -0.39 is 5.25 Å². The molecule has 6 nitrogen and oxygen atoms in total. The van der Waals surface area contributed by atoms with Crippen molar-refractivity contribution in [2.45, 2.75) is 36.7 Å². The smallest absolute Gasteiger partial charge is 0.240 e. The summed E-state index contributed by atoms with van der Waals surface area (Å²) >= 11 is 7.47. The van der Waals surface area contributed by atoms with Crippen molar-refractivity contribution in [1.82, 2.24) is 14.9 Å². The number of halogens is 1. The average molecular weight is 414 g/mol. The molecule has 0 saturated carbocycles. The van der Waals surface area contributed by atoms with Crippen molar-refractivity contribution < 1.29 is 4.79 Å². The Morgan fingerprint density at radius 2 is 2.04 bits per heavy atom. The second-order valence-corrected chi connectivity index (χ2v) is 8.19. The first kappa shape index (κ1) is 18.8. The Kier molecular flexibility index (Phi) is 5.28. The van der Waals surface area contributed by atoms with Crippen molar-refractivity contribution in [3.8, 4) is 0 Å². The van der Waals surface area contributed by atoms with E-state index in [-0.39, 0.29) is 11.9 Å². The number of anilines is 1. The minimum Gasteiger partial charge on any atom is -0.325 e. The van der Waals surface area contributed by atoms with Crippen LogP contribution in [0.4, 0.5) is 5.69 Å². The van der Waals surface area contributed by atoms with Crippen LogP contribution < -0.4 is 10.7 Å². The van der Waals surface area contributed by atoms with Crippen LogP contribution in [0.5, 0.6) is 0 Å². The molecule has 0 saturated heterocycles. The highest BCUT2D eigenvalue weighted by atomic mass is 35.5. The molecule has 0 fully saturated rings. The molecule has 1 aromatic heterocycles. The van der Waals surface area contributed by atoms with Gasteiger partial charge < -0.3 is 10.7 Å². The van der Waals surface area contributed by atoms with Crippen LogP contribution in [0, 0.1) is 6.92 Å². The number of amides is 1. The molecule has 4 rings (SSSR count). The Morgan fingerprint density at radius 1 is 1.25 bits per heavy atom. The number of benzene rings is 2. The second kappa shape index (κ2) is 7.85. The average Bonchev–Trinajstić information content (AvgIpc) is 3.09. The van der Waals surface area contributed by atoms with Gasteiger partial charge in [0.1, 0.15) is 5.25 Å². The molecule has 28 heavy (non-hydrogen) atoms. The number of aromatic nitrogens is 3. The van der Waals surface area contributed by atoms with Crippen LogP contribution in [-0.4, -0.2) is 26.0 Å². The summed E-state index contributed by atoms with van der Waals surface area (Å²) in [6.07, 6.45) is 0.744. The zero-order chi connectivity index (χ0) is 19.7. The maximum absolute atomic E-state index is 13.2. The quantitative estimate of drug-likeness (QED) is 0.670. The molecule has 2 atom stereocenters. The number of hydrogen-bond acceptors (Lipinski definition) is 5. The maximum Gasteiger partial charge on any atom is 0.240 e. The lowest BCUT2D eigenvalue weighted by atomic mass is 10.0. The molecule has 0 radical (unpaired) electrons. The highest BCUT2D eigenvalue weighted by Crippen LogP contribution is 2.37. The number of carbonyl (C=O) groups excluding carboxylic acids is 1. The van der Waals surface area contributed by atoms with Crippen molar-refractivity contribution >= 4 is 35.0 Å². The lowest BCUT2D eigenvalue weighted by molar-refractivity contribution is -0.116. The summed E-state index contributed by atoms with van der Waals surface area (Å²) in [6, 6.07) is 15.1. The number of carbonyl (C=O) groups is 1. The molecule has 2 N–H and O–H groups in total. The minimum absolute atomic E-state index is 0.0876. The lowest BCUT2D eigenvalue weighted by Gasteiger charge is -2.33. The number of hydrogen-bond donors (Lipinski definition) is 2. The minimum atomic E-state index is -0.414. The molecule has 8 heteroatoms. The number of nitrogens with one attached hydrogen (secondary N) is 2. The molecule has 0 aliphatic carbocycles. The first-order valence-corrected chi connectivity index (χ1v) is 10.3. The highest BCUT2D eigenvalue weighted by Gasteiger charge is 2.37. The number of aryl methyl sites for hydroxylation is 2. The molecule has 144 valence electrons. The van der Waals surface area contributed by atoms with E-state index in [9.17, 15) is 4.79 Å². The Balaban J connectivity index is 1.67. The third kappa shape index (κ3) is 3.72. The van der Waals surface area contributed by atoms with Crippen LogP contribution in [0.25, 0.3) is 0 Å². The van der Waals surface area contributed by atoms with Gasteiger partial charge in [0.05, 0.1) is 6.04 Å². The second-order valence-electron chi connectivity index (χ2n) is 6.64. The monoisotopic (exact) mass is 413 g/mol. The van der Waals surface area contributed by atoms with Crippen LogP contribution in [-0.2, 0) is 11.2 Å². The van der Waals surface area contributed by atoms with Gasteiger partial charge in [-0.3, -0.25) is 4.79 Å². The van der Waals surface area contributed by atoms with E-state index in [0.29, 0.717) is 10.2 Å². The number of thioether (sulfide) groups is 1. The van der Waals surface area contributed by atoms with Gasteiger partial charge in [0.15, 0.2) is 5.82 Å². The summed E-state index contributed by atoms with van der Waals surface area (Å²) in [4.78, 5) is 13.2. The van der Waals surface area contributed by atoms with Gasteiger partial charge >= 0.3 is 0 Å². The Hall–Kier alpha value is -2.51. The molecule has 3 aromatic rings. The molecule has 1 aliphatic rings. The van der Waals surface area contributed by atoms with Crippen LogP contribution in [0.15, 0.2) is 53.7 Å². The van der Waals surface area contributed by atoms with Gasteiger partial charge in [-0.25, -0.2) is 4.68 Å². The lowest BCUT2D eigenvalue weighted by Crippen LogP contribution is -2.41. The number of nitrogens with zero attached hydrogens (tertiary/aromatic N) is 3. The van der Waals surface area contributed by atoms with Gasteiger partial charge in [0.25, 0.3) is 0 Å². The van der Waals surface area contributed by atoms with Gasteiger partial charge in [-0.05, 0) is 42.3 Å². The Labute approximate surface area is 172 Å². The summed E-state index contributed by atoms with van der Waals surface area (Å²) in [5.74, 6) is 0.745. The molecule has 1 amide bonds. The predicted molar refractivity (Wildman–Crippen MR) is 112 cm³/mol. The van der Waals surface area contributed by atoms with E-state index in [0.717, 1.165) is 29.1 Å². The van der Waals surface area contributed by atoms with Gasteiger partial charge in [-0.15, -0.1) is 10.2 Å². The van der Waals surface area contributed by atoms with E-state index in [1.165, 1.54) is 11.8 Å². The molecule has 2 unspecified atom stereocenters. The fraction of sp³-hybridized carbons (Fsp3) is 0.250. The van der Waals surface area contributed by atoms with Crippen LogP contribution >= 0.6 is 23.4 Å². The highest BCUT2D eigenvalue weighted by molar-refractivity contribution is 8.00. The fourth-order valence-corrected chi connectivity index (χ4v) is 4.41. The van der Waals surface area contributed by atoms with Crippen LogP contribution in [0.2, 0.25) is 5.02 Å². The van der Waals surface area contributed by atoms with Crippen molar-refractivity contribution in [1.29, 1.82) is 0 Å². The fourth-order valence-electron chi connectivity index (χ4n) is 3.18. The molecule has 0 spiro atoms. The summed E-state index contributed by atoms with van der Waals surface area (Å²) in [5, 5.41) is 12.4. The van der Waals surface area contributed by atoms with E-state index in [1.54, 1.807) is 0 Å². The molecule has 1 aliphatic heterocycles. The van der Waals surface area contributed by atoms with Gasteiger partial charge in [-0.2, -0.15) is 0 Å². The van der Waals surface area contributed by atoms with Crippen molar-refractivity contribution in [2.24, 2.45) is 0 Å². The molecule has 2 aromatic carbocycles. The van der Waals surface area contributed by atoms with Crippen LogP contribution in [0.3, 0.4) is 0 Å². The van der Waals surface area contributed by atoms with Gasteiger partial charge in [-0.1, -0.05) is 54.6 Å². The van der Waals surface area contributed by atoms with Crippen molar-refractivity contribution in [3.05, 3.63) is 70.5 Å². The van der Waals surface area contributed by atoms with E-state index in [4.69, 9.17) is 11.6 Å². The Morgan fingerprint density at radius 3 is 2.75 bits per heavy atom. The first-order valence-electron chi connectivity index (χ1n) is 9.05. The zero-order valence-corrected chi connectivity index (χ0v) is 17.1. The molecular formula is C20H20ClN5OS. The third-order valence-electron chi connectivity index (χ3n) is 4.59. The standard InChI is InChI=1S/C20H20ClN5OS/c1-3-16-23-24-20-26(16)25-17(13-7-9-14(21)10-8-13)18(28-20)19(27)22-15-6-4-5-12(2)11-15/h4-11,17-18,25H,3H2,1-2H3,(H,22,27). The predicted octanol–water partition coefficient (Wildman–Crippen LogP) is 4.20. The summed E-state index contributed by atoms with van der Waals surface area (Å²) in [7, 11) is 0. The largest absolute Gasteiger partial charge is 0.325 e. The van der Waals surface area contributed by atoms with Crippen molar-refractivity contribution in [2.75, 3.05) is 10.7 Å². The van der Waals surface area contributed by atoms with E-state index in [1.807, 2.05) is 67.1 Å². The normalized spacial score (nSPS) is 18.2. The topological polar surface area (TPSA) is 71.8 Å². The molecule has 0 bridgehead atoms. The molecular weight excluding hydrogens is 394 g/mol. The SMILES string of the molecule is CCc1nnc2n1NC(c1ccc(Cl)cc1)C(C(=O)Nc1cccc(C)c1)S2. The molecule has 2 heterocycles. The summed E-state index contributed by atoms with van der Waals surface area (Å²) in [6.45, 7) is 4.02. The van der Waals surface area contributed by atoms with Crippen molar-refractivity contribution in [3.63, 3.8) is 0 Å². The third-order valence-corrected chi connectivity index (χ3v) is 6.06. The maximum atomic E-state index is 13.2. The van der Waals surface area contributed by atoms with Gasteiger partial charge in [0.2, 0.25) is 11.1 Å². The summed E-state index contributed by atoms with van der Waals surface area (Å²) < 4.78 is 1.88. The Bertz CT molecular complexity index is 1000. The summed E-state index contributed by atoms with van der Waals surface area (Å²) in [5.41, 5.74) is 6.27. The number of rotatable bonds is 4. The zero-order valence-electron chi connectivity index (χ0n) is 15.5. The number of fused-ring (bicyclic) bond motifs is 1.